The van der Waals surface area contributed by atoms with E-state index in [2.05, 4.69) is 25.3 Å². The molecule has 2 N–H and O–H groups in total. The van der Waals surface area contributed by atoms with E-state index in [4.69, 9.17) is 0 Å². The lowest BCUT2D eigenvalue weighted by atomic mass is 10.1. The van der Waals surface area contributed by atoms with E-state index in [1.807, 2.05) is 26.0 Å². The standard InChI is InChI=1S/C18H23F3N4OS/c1-12-16(27-13(2)25-12)9-24-17(22-3)23-8-14-4-6-15(7-5-14)10-26-11-18(19,20)21/h4-7H,8-11H2,1-3H3,(H2,22,23,24). The number of thiazole rings is 1. The highest BCUT2D eigenvalue weighted by Crippen LogP contribution is 2.17. The van der Waals surface area contributed by atoms with Gasteiger partial charge in [-0.3, -0.25) is 4.99 Å². The Hall–Kier alpha value is -2.13. The van der Waals surface area contributed by atoms with Crippen molar-refractivity contribution >= 4 is 17.3 Å². The lowest BCUT2D eigenvalue weighted by Crippen LogP contribution is -2.36. The fourth-order valence-corrected chi connectivity index (χ4v) is 3.22. The van der Waals surface area contributed by atoms with Gasteiger partial charge in [0.05, 0.1) is 23.9 Å². The summed E-state index contributed by atoms with van der Waals surface area (Å²) in [7, 11) is 1.70. The molecule has 0 radical (unpaired) electrons. The Balaban J connectivity index is 1.78. The van der Waals surface area contributed by atoms with Crippen LogP contribution < -0.4 is 10.6 Å². The summed E-state index contributed by atoms with van der Waals surface area (Å²) in [5.41, 5.74) is 2.70. The summed E-state index contributed by atoms with van der Waals surface area (Å²) in [4.78, 5) is 9.75. The van der Waals surface area contributed by atoms with Gasteiger partial charge in [0, 0.05) is 18.5 Å². The van der Waals surface area contributed by atoms with Gasteiger partial charge in [0.1, 0.15) is 6.61 Å². The zero-order valence-corrected chi connectivity index (χ0v) is 16.3. The first-order valence-corrected chi connectivity index (χ1v) is 9.18. The number of nitrogens with zero attached hydrogens (tertiary/aromatic N) is 2. The minimum atomic E-state index is -4.30. The zero-order valence-electron chi connectivity index (χ0n) is 15.5. The van der Waals surface area contributed by atoms with E-state index in [9.17, 15) is 13.2 Å². The molecule has 0 amide bonds. The monoisotopic (exact) mass is 400 g/mol. The van der Waals surface area contributed by atoms with Gasteiger partial charge >= 0.3 is 6.18 Å². The van der Waals surface area contributed by atoms with Gasteiger partial charge in [-0.15, -0.1) is 11.3 Å². The van der Waals surface area contributed by atoms with Crippen LogP contribution in [0, 0.1) is 13.8 Å². The second-order valence-corrected chi connectivity index (χ2v) is 7.23. The van der Waals surface area contributed by atoms with Gasteiger partial charge in [-0.05, 0) is 25.0 Å². The number of hydrogen-bond acceptors (Lipinski definition) is 4. The summed E-state index contributed by atoms with van der Waals surface area (Å²) >= 11 is 1.65. The molecule has 0 aliphatic carbocycles. The number of alkyl halides is 3. The highest BCUT2D eigenvalue weighted by Gasteiger charge is 2.27. The smallest absolute Gasteiger partial charge is 0.367 e. The Morgan fingerprint density at radius 1 is 1.11 bits per heavy atom. The van der Waals surface area contributed by atoms with Gasteiger partial charge < -0.3 is 15.4 Å². The van der Waals surface area contributed by atoms with E-state index in [1.165, 1.54) is 4.88 Å². The van der Waals surface area contributed by atoms with E-state index >= 15 is 0 Å². The molecule has 1 aromatic heterocycles. The summed E-state index contributed by atoms with van der Waals surface area (Å²) in [6, 6.07) is 7.21. The molecule has 0 aliphatic rings. The molecule has 1 aromatic carbocycles. The number of aromatic nitrogens is 1. The number of aryl methyl sites for hydroxylation is 2. The predicted molar refractivity (Wildman–Crippen MR) is 101 cm³/mol. The maximum atomic E-state index is 12.1. The molecule has 0 atom stereocenters. The molecule has 0 spiro atoms. The summed E-state index contributed by atoms with van der Waals surface area (Å²) < 4.78 is 40.9. The Kier molecular flexibility index (Phi) is 7.61. The molecule has 0 unspecified atom stereocenters. The van der Waals surface area contributed by atoms with Crippen LogP contribution in [0.25, 0.3) is 0 Å². The largest absolute Gasteiger partial charge is 0.411 e. The number of nitrogens with one attached hydrogen (secondary N) is 2. The summed E-state index contributed by atoms with van der Waals surface area (Å²) in [5.74, 6) is 0.665. The Morgan fingerprint density at radius 3 is 2.30 bits per heavy atom. The van der Waals surface area contributed by atoms with Crippen LogP contribution in [0.15, 0.2) is 29.3 Å². The van der Waals surface area contributed by atoms with Crippen molar-refractivity contribution in [1.29, 1.82) is 0 Å². The number of benzene rings is 1. The third-order valence-corrected chi connectivity index (χ3v) is 4.73. The molecule has 0 fully saturated rings. The van der Waals surface area contributed by atoms with Crippen molar-refractivity contribution < 1.29 is 17.9 Å². The number of guanidine groups is 1. The molecule has 0 bridgehead atoms. The van der Waals surface area contributed by atoms with Crippen molar-refractivity contribution in [2.75, 3.05) is 13.7 Å². The minimum absolute atomic E-state index is 0.0654. The van der Waals surface area contributed by atoms with Gasteiger partial charge in [-0.1, -0.05) is 24.3 Å². The van der Waals surface area contributed by atoms with E-state index in [0.29, 0.717) is 24.6 Å². The van der Waals surface area contributed by atoms with Crippen LogP contribution in [0.3, 0.4) is 0 Å². The second kappa shape index (κ2) is 9.70. The molecule has 2 rings (SSSR count). The number of ether oxygens (including phenoxy) is 1. The maximum Gasteiger partial charge on any atom is 0.411 e. The van der Waals surface area contributed by atoms with Crippen molar-refractivity contribution in [3.63, 3.8) is 0 Å². The molecule has 148 valence electrons. The molecule has 5 nitrogen and oxygen atoms in total. The third-order valence-electron chi connectivity index (χ3n) is 3.66. The molecule has 2 aromatic rings. The molecule has 1 heterocycles. The number of aliphatic imine (C=N–C) groups is 1. The van der Waals surface area contributed by atoms with Gasteiger partial charge in [0.15, 0.2) is 5.96 Å². The van der Waals surface area contributed by atoms with Crippen LogP contribution in [-0.2, 0) is 24.4 Å². The second-order valence-electron chi connectivity index (χ2n) is 5.95. The van der Waals surface area contributed by atoms with Crippen LogP contribution in [0.5, 0.6) is 0 Å². The van der Waals surface area contributed by atoms with Crippen molar-refractivity contribution in [2.24, 2.45) is 4.99 Å². The summed E-state index contributed by atoms with van der Waals surface area (Å²) in [6.07, 6.45) is -4.30. The lowest BCUT2D eigenvalue weighted by molar-refractivity contribution is -0.176. The topological polar surface area (TPSA) is 58.5 Å². The normalized spacial score (nSPS) is 12.3. The Bertz CT molecular complexity index is 757. The van der Waals surface area contributed by atoms with Gasteiger partial charge in [0.25, 0.3) is 0 Å². The molecule has 0 aliphatic heterocycles. The maximum absolute atomic E-state index is 12.1. The van der Waals surface area contributed by atoms with Crippen LogP contribution >= 0.6 is 11.3 Å². The fraction of sp³-hybridized carbons (Fsp3) is 0.444. The van der Waals surface area contributed by atoms with E-state index in [1.54, 1.807) is 30.5 Å². The van der Waals surface area contributed by atoms with E-state index < -0.39 is 12.8 Å². The quantitative estimate of drug-likeness (QED) is 0.550. The Labute approximate surface area is 160 Å². The van der Waals surface area contributed by atoms with Gasteiger partial charge in [0.2, 0.25) is 0 Å². The molecule has 27 heavy (non-hydrogen) atoms. The predicted octanol–water partition coefficient (Wildman–Crippen LogP) is 3.70. The lowest BCUT2D eigenvalue weighted by Gasteiger charge is -2.12. The van der Waals surface area contributed by atoms with E-state index in [-0.39, 0.29) is 6.61 Å². The third kappa shape index (κ3) is 7.56. The zero-order chi connectivity index (χ0) is 19.9. The van der Waals surface area contributed by atoms with Crippen LogP contribution in [0.1, 0.15) is 26.7 Å². The minimum Gasteiger partial charge on any atom is -0.367 e. The van der Waals surface area contributed by atoms with Crippen LogP contribution in [-0.4, -0.2) is 30.8 Å². The molecular weight excluding hydrogens is 377 g/mol. The van der Waals surface area contributed by atoms with Crippen molar-refractivity contribution in [2.45, 2.75) is 39.7 Å². The first-order chi connectivity index (χ1) is 12.8. The molecule has 0 saturated heterocycles. The molecular formula is C18H23F3N4OS. The van der Waals surface area contributed by atoms with Gasteiger partial charge in [-0.2, -0.15) is 13.2 Å². The van der Waals surface area contributed by atoms with Crippen LogP contribution in [0.2, 0.25) is 0 Å². The van der Waals surface area contributed by atoms with Crippen molar-refractivity contribution in [1.82, 2.24) is 15.6 Å². The number of rotatable bonds is 7. The average Bonchev–Trinajstić information content (AvgIpc) is 2.92. The van der Waals surface area contributed by atoms with Crippen molar-refractivity contribution in [3.05, 3.63) is 51.0 Å². The molecule has 9 heteroatoms. The van der Waals surface area contributed by atoms with E-state index in [0.717, 1.165) is 16.3 Å². The molecule has 0 saturated carbocycles. The SMILES string of the molecule is CN=C(NCc1ccc(COCC(F)(F)F)cc1)NCc1sc(C)nc1C. The highest BCUT2D eigenvalue weighted by atomic mass is 32.1. The summed E-state index contributed by atoms with van der Waals surface area (Å²) in [5, 5.41) is 7.49. The Morgan fingerprint density at radius 2 is 1.74 bits per heavy atom. The summed E-state index contributed by atoms with van der Waals surface area (Å²) in [6.45, 7) is 3.85. The number of hydrogen-bond donors (Lipinski definition) is 2. The number of halogens is 3. The highest BCUT2D eigenvalue weighted by molar-refractivity contribution is 7.11. The average molecular weight is 400 g/mol. The van der Waals surface area contributed by atoms with Gasteiger partial charge in [-0.25, -0.2) is 4.98 Å². The van der Waals surface area contributed by atoms with Crippen molar-refractivity contribution in [3.8, 4) is 0 Å². The fourth-order valence-electron chi connectivity index (χ4n) is 2.35. The first-order valence-electron chi connectivity index (χ1n) is 8.36. The first kappa shape index (κ1) is 21.2. The van der Waals surface area contributed by atoms with Crippen LogP contribution in [0.4, 0.5) is 13.2 Å².